The zero-order valence-corrected chi connectivity index (χ0v) is 40.2. The minimum atomic E-state index is -0.345. The van der Waals surface area contributed by atoms with Gasteiger partial charge >= 0.3 is 64.9 Å². The molecule has 2 rings (SSSR count). The van der Waals surface area contributed by atoms with Gasteiger partial charge in [0.2, 0.25) is 17.7 Å². The van der Waals surface area contributed by atoms with Crippen molar-refractivity contribution in [2.45, 2.75) is 35.1 Å². The fourth-order valence-electron chi connectivity index (χ4n) is 1.92. The van der Waals surface area contributed by atoms with Crippen LogP contribution in [0.3, 0.4) is 0 Å². The number of aryl methyl sites for hydroxylation is 2. The van der Waals surface area contributed by atoms with Crippen molar-refractivity contribution in [2.24, 2.45) is 5.84 Å². The zero-order valence-electron chi connectivity index (χ0n) is 22.7. The molecular weight excluding hydrogens is 1430 g/mol. The largest absolute Gasteiger partial charge is 0 e. The molecule has 0 radical (unpaired) electrons. The molecule has 0 aliphatic rings. The number of hydrogen-bond acceptors (Lipinski definition) is 8. The number of hydrogen-bond donors (Lipinski definition) is 5. The normalized spacial score (nSPS) is 7.95. The van der Waals surface area contributed by atoms with E-state index in [2.05, 4.69) is 117 Å². The van der Waals surface area contributed by atoms with Crippen molar-refractivity contribution < 1.29 is 66.2 Å². The summed E-state index contributed by atoms with van der Waals surface area (Å²) >= 11 is 15.0. The van der Waals surface area contributed by atoms with Crippen molar-refractivity contribution in [3.63, 3.8) is 0 Å². The Bertz CT molecular complexity index is 1150. The Balaban J connectivity index is -0.000000115. The van der Waals surface area contributed by atoms with Gasteiger partial charge in [0.05, 0.1) is 0 Å². The van der Waals surface area contributed by atoms with E-state index >= 15 is 0 Å². The second-order valence-electron chi connectivity index (χ2n) is 6.44. The summed E-state index contributed by atoms with van der Waals surface area (Å²) in [4.78, 5) is 44.8. The van der Waals surface area contributed by atoms with Crippen molar-refractivity contribution in [3.05, 3.63) is 70.8 Å². The number of alkyl halides is 1. The molecule has 19 heteroatoms. The number of hydrazine groups is 2. The fraction of sp³-hybridized carbons (Fsp3) is 0.250. The fourth-order valence-corrected chi connectivity index (χ4v) is 2.48. The number of thiocarbonyl (C=S) groups is 1. The van der Waals surface area contributed by atoms with E-state index in [0.717, 1.165) is 11.1 Å². The first-order valence-corrected chi connectivity index (χ1v) is 27.2. The smallest absolute Gasteiger partial charge is 0 e. The van der Waals surface area contributed by atoms with Gasteiger partial charge in [0.15, 0.2) is 10.2 Å². The first-order valence-electron chi connectivity index (χ1n) is 10.3. The Morgan fingerprint density at radius 1 is 0.930 bits per heavy atom. The molecule has 2 aromatic rings. The van der Waals surface area contributed by atoms with Crippen molar-refractivity contribution >= 4 is 134 Å². The number of nitrogens with zero attached hydrogens (tertiary/aromatic N) is 1. The number of nitriles is 1. The van der Waals surface area contributed by atoms with Crippen LogP contribution in [0.15, 0.2) is 36.4 Å². The van der Waals surface area contributed by atoms with E-state index < -0.39 is 0 Å². The van der Waals surface area contributed by atoms with Crippen LogP contribution >= 0.6 is 107 Å². The van der Waals surface area contributed by atoms with E-state index in [9.17, 15) is 19.2 Å². The van der Waals surface area contributed by atoms with Crippen molar-refractivity contribution in [3.8, 4) is 5.40 Å². The third kappa shape index (κ3) is 35.8. The van der Waals surface area contributed by atoms with Crippen molar-refractivity contribution in [1.82, 2.24) is 21.6 Å². The van der Waals surface area contributed by atoms with E-state index in [-0.39, 0.29) is 82.4 Å². The minimum Gasteiger partial charge on any atom is 0 e. The molecule has 0 spiro atoms. The summed E-state index contributed by atoms with van der Waals surface area (Å²) in [7, 11) is 0. The van der Waals surface area contributed by atoms with Crippen LogP contribution in [-0.4, -0.2) is 32.9 Å². The van der Waals surface area contributed by atoms with Crippen molar-refractivity contribution in [2.75, 3.05) is 4.93 Å². The summed E-state index contributed by atoms with van der Waals surface area (Å²) in [6.07, 6.45) is 0. The molecule has 0 aliphatic heterocycles. The van der Waals surface area contributed by atoms with E-state index in [0.29, 0.717) is 22.9 Å². The van der Waals surface area contributed by atoms with Gasteiger partial charge in [-0.1, -0.05) is 55.0 Å². The summed E-state index contributed by atoms with van der Waals surface area (Å²) in [5.41, 5.74) is 9.29. The Morgan fingerprint density at radius 3 is 1.65 bits per heavy atom. The van der Waals surface area contributed by atoms with Crippen LogP contribution in [0.2, 0.25) is 0 Å². The first-order chi connectivity index (χ1) is 18.8. The topological polar surface area (TPSA) is 166 Å². The van der Waals surface area contributed by atoms with E-state index in [1.165, 1.54) is 13.8 Å². The SMILES string of the molecule is C.CC(=O)NN.CC(=O)NNC(=S)NC(=O)c1c[c-]ccc1C.CI.Cc1cc[c-]cc1C(=O)SC#N.[I][V]([I])[I].[W].[W]. The molecule has 0 atom stereocenters. The molecule has 10 nitrogen and oxygen atoms in total. The Morgan fingerprint density at radius 2 is 1.33 bits per heavy atom. The maximum absolute atomic E-state index is 11.7. The quantitative estimate of drug-likeness (QED) is 0.0358. The third-order valence-corrected chi connectivity index (χ3v) is 4.25. The van der Waals surface area contributed by atoms with Gasteiger partial charge < -0.3 is 5.32 Å². The van der Waals surface area contributed by atoms with Gasteiger partial charge in [-0.3, -0.25) is 35.5 Å². The second kappa shape index (κ2) is 37.5. The van der Waals surface area contributed by atoms with Gasteiger partial charge in [-0.2, -0.15) is 53.8 Å². The van der Waals surface area contributed by atoms with Crippen LogP contribution in [0, 0.1) is 36.6 Å². The molecule has 240 valence electrons. The molecule has 0 saturated carbocycles. The summed E-state index contributed by atoms with van der Waals surface area (Å²) < 4.78 is 0. The van der Waals surface area contributed by atoms with Gasteiger partial charge in [-0.15, -0.1) is 11.1 Å². The molecular formula is C24H31I4N6O4S2VW2-2. The number of thioether (sulfide) groups is 1. The molecule has 3 amide bonds. The summed E-state index contributed by atoms with van der Waals surface area (Å²) in [5.74, 6) is 3.71. The monoisotopic (exact) mass is 1460 g/mol. The predicted molar refractivity (Wildman–Crippen MR) is 201 cm³/mol. The first kappa shape index (κ1) is 56.4. The summed E-state index contributed by atoms with van der Waals surface area (Å²) in [6, 6.07) is 15.8. The summed E-state index contributed by atoms with van der Waals surface area (Å²) in [6.45, 7) is 6.32. The van der Waals surface area contributed by atoms with Gasteiger partial charge in [-0.05, 0) is 17.1 Å². The molecule has 0 aromatic heterocycles. The number of carbonyl (C=O) groups is 4. The molecule has 0 saturated heterocycles. The number of nitrogens with two attached hydrogens (primary N) is 1. The standard InChI is InChI=1S/C11H12N3O2S.C9H6NOS.C2H6N2O.CH3I.CH4.3HI.V.2W/c1-7-5-3-4-6-9(7)10(16)12-11(17)14-13-8(2)15;1-7-4-2-3-5-8(7)9(11)12-6-10;1-2(5)4-3;1-2;;;;;;;/h3,5-6H,1-2H3,(H,13,15)(H2,12,14,16,17);2,4-5H,1H3;3H2,1H3,(H,4,5);1H3;1H4;3*1H;;;/q2*-1;;;;;;;+3;;/p-3. The van der Waals surface area contributed by atoms with Gasteiger partial charge in [-0.25, -0.2) is 5.84 Å². The maximum atomic E-state index is 11.7. The minimum absolute atomic E-state index is 0. The summed E-state index contributed by atoms with van der Waals surface area (Å²) in [5, 5.41) is 12.3. The van der Waals surface area contributed by atoms with E-state index in [4.69, 9.17) is 17.5 Å². The molecule has 2 aromatic carbocycles. The number of benzene rings is 2. The van der Waals surface area contributed by atoms with Crippen LogP contribution in [0.25, 0.3) is 0 Å². The van der Waals surface area contributed by atoms with Gasteiger partial charge in [0, 0.05) is 67.7 Å². The second-order valence-corrected chi connectivity index (χ2v) is 43.0. The van der Waals surface area contributed by atoms with E-state index in [1.54, 1.807) is 41.8 Å². The number of thiocyanates is 1. The Kier molecular flexibility index (Phi) is 49.3. The van der Waals surface area contributed by atoms with Crippen LogP contribution in [0.1, 0.15) is 53.1 Å². The van der Waals surface area contributed by atoms with Gasteiger partial charge in [0.1, 0.15) is 5.40 Å². The average Bonchev–Trinajstić information content (AvgIpc) is 2.89. The van der Waals surface area contributed by atoms with Crippen molar-refractivity contribution in [1.29, 1.82) is 5.26 Å². The number of rotatable bonds is 2. The molecule has 0 unspecified atom stereocenters. The maximum Gasteiger partial charge on any atom is 0 e. The number of carbonyl (C=O) groups excluding carboxylic acids is 4. The van der Waals surface area contributed by atoms with Crippen LogP contribution < -0.4 is 27.4 Å². The molecule has 43 heavy (non-hydrogen) atoms. The average molecular weight is 1460 g/mol. The Labute approximate surface area is 344 Å². The zero-order chi connectivity index (χ0) is 31.7. The van der Waals surface area contributed by atoms with Gasteiger partial charge in [0.25, 0.3) is 0 Å². The number of amides is 3. The molecule has 0 bridgehead atoms. The molecule has 0 heterocycles. The Hall–Kier alpha value is 1.09. The van der Waals surface area contributed by atoms with E-state index in [1.807, 2.05) is 24.2 Å². The molecule has 6 N–H and O–H groups in total. The molecule has 0 aliphatic carbocycles. The number of halogens is 4. The van der Waals surface area contributed by atoms with Crippen LogP contribution in [0.4, 0.5) is 0 Å². The third-order valence-electron chi connectivity index (χ3n) is 3.55. The molecule has 0 fully saturated rings. The number of nitrogens with one attached hydrogen (secondary N) is 4. The predicted octanol–water partition coefficient (Wildman–Crippen LogP) is 5.93. The van der Waals surface area contributed by atoms with Crippen LogP contribution in [0.5, 0.6) is 0 Å². The van der Waals surface area contributed by atoms with Crippen LogP contribution in [-0.2, 0) is 56.6 Å².